The first-order valence-corrected chi connectivity index (χ1v) is 7.11. The molecule has 0 unspecified atom stereocenters. The van der Waals surface area contributed by atoms with Crippen LogP contribution in [0.1, 0.15) is 31.1 Å². The minimum absolute atomic E-state index is 0.0719. The second-order valence-electron chi connectivity index (χ2n) is 4.72. The van der Waals surface area contributed by atoms with Gasteiger partial charge >= 0.3 is 0 Å². The molecule has 1 aromatic heterocycles. The van der Waals surface area contributed by atoms with E-state index in [4.69, 9.17) is 0 Å². The molecule has 18 heavy (non-hydrogen) atoms. The molecule has 0 radical (unpaired) electrons. The van der Waals surface area contributed by atoms with E-state index in [2.05, 4.69) is 4.98 Å². The molecule has 1 heterocycles. The van der Waals surface area contributed by atoms with Crippen molar-refractivity contribution in [1.29, 1.82) is 0 Å². The van der Waals surface area contributed by atoms with Crippen molar-refractivity contribution in [3.05, 3.63) is 23.9 Å². The van der Waals surface area contributed by atoms with Crippen molar-refractivity contribution in [2.75, 3.05) is 19.3 Å². The summed E-state index contributed by atoms with van der Waals surface area (Å²) in [5, 5.41) is 10.6. The van der Waals surface area contributed by atoms with Crippen LogP contribution in [0.5, 0.6) is 0 Å². The van der Waals surface area contributed by atoms with Crippen LogP contribution in [0.2, 0.25) is 0 Å². The number of rotatable bonds is 5. The van der Waals surface area contributed by atoms with Gasteiger partial charge in [0.25, 0.3) is 5.91 Å². The highest BCUT2D eigenvalue weighted by Crippen LogP contribution is 2.15. The largest absolute Gasteiger partial charge is 0.389 e. The van der Waals surface area contributed by atoms with E-state index < -0.39 is 5.60 Å². The molecule has 5 heteroatoms. The highest BCUT2D eigenvalue weighted by molar-refractivity contribution is 7.98. The first kappa shape index (κ1) is 15.0. The zero-order chi connectivity index (χ0) is 13.8. The molecule has 1 amide bonds. The molecule has 4 nitrogen and oxygen atoms in total. The standard InChI is InChI=1S/C13H20N2O2S/c1-5-15(9-13(2,3)17)12(16)10-6-7-14-11(8-10)18-4/h6-8,17H,5,9H2,1-4H3. The van der Waals surface area contributed by atoms with E-state index in [1.165, 1.54) is 11.8 Å². The summed E-state index contributed by atoms with van der Waals surface area (Å²) in [4.78, 5) is 18.1. The second kappa shape index (κ2) is 6.20. The predicted molar refractivity (Wildman–Crippen MR) is 73.9 cm³/mol. The van der Waals surface area contributed by atoms with Crippen LogP contribution >= 0.6 is 11.8 Å². The third-order valence-electron chi connectivity index (χ3n) is 2.44. The second-order valence-corrected chi connectivity index (χ2v) is 5.55. The highest BCUT2D eigenvalue weighted by Gasteiger charge is 2.22. The van der Waals surface area contributed by atoms with Gasteiger partial charge in [-0.25, -0.2) is 4.98 Å². The van der Waals surface area contributed by atoms with Crippen molar-refractivity contribution in [3.63, 3.8) is 0 Å². The average molecular weight is 268 g/mol. The molecular weight excluding hydrogens is 248 g/mol. The van der Waals surface area contributed by atoms with Crippen LogP contribution in [0.3, 0.4) is 0 Å². The van der Waals surface area contributed by atoms with Gasteiger partial charge in [0.2, 0.25) is 0 Å². The third kappa shape index (κ3) is 4.31. The molecule has 0 spiro atoms. The number of amides is 1. The number of hydrogen-bond donors (Lipinski definition) is 1. The minimum Gasteiger partial charge on any atom is -0.389 e. The van der Waals surface area contributed by atoms with Gasteiger partial charge in [0.1, 0.15) is 0 Å². The smallest absolute Gasteiger partial charge is 0.254 e. The van der Waals surface area contributed by atoms with Crippen LogP contribution in [-0.2, 0) is 0 Å². The third-order valence-corrected chi connectivity index (χ3v) is 3.08. The molecule has 0 aliphatic rings. The number of nitrogens with zero attached hydrogens (tertiary/aromatic N) is 2. The minimum atomic E-state index is -0.888. The molecule has 0 atom stereocenters. The number of aromatic nitrogens is 1. The van der Waals surface area contributed by atoms with E-state index in [0.717, 1.165) is 5.03 Å². The van der Waals surface area contributed by atoms with Gasteiger partial charge in [0, 0.05) is 24.8 Å². The van der Waals surface area contributed by atoms with E-state index in [-0.39, 0.29) is 5.91 Å². The van der Waals surface area contributed by atoms with E-state index in [9.17, 15) is 9.90 Å². The van der Waals surface area contributed by atoms with Crippen LogP contribution < -0.4 is 0 Å². The van der Waals surface area contributed by atoms with Crippen molar-refractivity contribution in [3.8, 4) is 0 Å². The first-order chi connectivity index (χ1) is 8.37. The number of carbonyl (C=O) groups is 1. The Morgan fingerprint density at radius 2 is 2.22 bits per heavy atom. The molecule has 1 rings (SSSR count). The van der Waals surface area contributed by atoms with E-state index >= 15 is 0 Å². The first-order valence-electron chi connectivity index (χ1n) is 5.89. The normalized spacial score (nSPS) is 11.4. The summed E-state index contributed by atoms with van der Waals surface area (Å²) >= 11 is 1.50. The number of pyridine rings is 1. The molecule has 0 aromatic carbocycles. The molecule has 0 aliphatic carbocycles. The van der Waals surface area contributed by atoms with Gasteiger partial charge in [-0.3, -0.25) is 4.79 Å². The van der Waals surface area contributed by atoms with Gasteiger partial charge in [0.05, 0.1) is 10.6 Å². The number of aliphatic hydroxyl groups is 1. The quantitative estimate of drug-likeness (QED) is 0.830. The lowest BCUT2D eigenvalue weighted by molar-refractivity contribution is 0.0314. The zero-order valence-electron chi connectivity index (χ0n) is 11.3. The molecule has 0 saturated heterocycles. The summed E-state index contributed by atoms with van der Waals surface area (Å²) in [6, 6.07) is 3.48. The van der Waals surface area contributed by atoms with E-state index in [1.54, 1.807) is 37.1 Å². The van der Waals surface area contributed by atoms with Crippen molar-refractivity contribution in [2.45, 2.75) is 31.4 Å². The van der Waals surface area contributed by atoms with E-state index in [1.807, 2.05) is 13.2 Å². The fraction of sp³-hybridized carbons (Fsp3) is 0.538. The van der Waals surface area contributed by atoms with Gasteiger partial charge in [-0.15, -0.1) is 11.8 Å². The van der Waals surface area contributed by atoms with Crippen molar-refractivity contribution in [2.24, 2.45) is 0 Å². The Morgan fingerprint density at radius 3 is 2.72 bits per heavy atom. The summed E-state index contributed by atoms with van der Waals surface area (Å²) in [6.07, 6.45) is 3.56. The van der Waals surface area contributed by atoms with Crippen LogP contribution in [-0.4, -0.2) is 45.8 Å². The Balaban J connectivity index is 2.89. The van der Waals surface area contributed by atoms with Crippen molar-refractivity contribution < 1.29 is 9.90 Å². The summed E-state index contributed by atoms with van der Waals surface area (Å²) in [6.45, 7) is 6.19. The molecule has 0 fully saturated rings. The Morgan fingerprint density at radius 1 is 1.56 bits per heavy atom. The Labute approximate surface area is 112 Å². The SMILES string of the molecule is CCN(CC(C)(C)O)C(=O)c1ccnc(SC)c1. The van der Waals surface area contributed by atoms with Gasteiger partial charge in [0.15, 0.2) is 0 Å². The van der Waals surface area contributed by atoms with Crippen LogP contribution in [0, 0.1) is 0 Å². The summed E-state index contributed by atoms with van der Waals surface area (Å²) < 4.78 is 0. The Bertz CT molecular complexity index is 416. The topological polar surface area (TPSA) is 53.4 Å². The van der Waals surface area contributed by atoms with Crippen LogP contribution in [0.4, 0.5) is 0 Å². The average Bonchev–Trinajstić information content (AvgIpc) is 2.34. The lowest BCUT2D eigenvalue weighted by Crippen LogP contribution is -2.42. The number of carbonyl (C=O) groups excluding carboxylic acids is 1. The van der Waals surface area contributed by atoms with Crippen LogP contribution in [0.15, 0.2) is 23.4 Å². The van der Waals surface area contributed by atoms with Gasteiger partial charge in [-0.05, 0) is 39.2 Å². The fourth-order valence-electron chi connectivity index (χ4n) is 1.63. The molecule has 0 saturated carbocycles. The lowest BCUT2D eigenvalue weighted by Gasteiger charge is -2.28. The summed E-state index contributed by atoms with van der Waals surface area (Å²) in [5.74, 6) is -0.0719. The number of likely N-dealkylation sites (N-methyl/N-ethyl adjacent to an activating group) is 1. The molecule has 100 valence electrons. The predicted octanol–water partition coefficient (Wildman–Crippen LogP) is 2.04. The molecule has 0 aliphatic heterocycles. The van der Waals surface area contributed by atoms with E-state index in [0.29, 0.717) is 18.7 Å². The monoisotopic (exact) mass is 268 g/mol. The maximum Gasteiger partial charge on any atom is 0.254 e. The van der Waals surface area contributed by atoms with Gasteiger partial charge in [-0.2, -0.15) is 0 Å². The summed E-state index contributed by atoms with van der Waals surface area (Å²) in [7, 11) is 0. The van der Waals surface area contributed by atoms with Gasteiger partial charge < -0.3 is 10.0 Å². The highest BCUT2D eigenvalue weighted by atomic mass is 32.2. The summed E-state index contributed by atoms with van der Waals surface area (Å²) in [5.41, 5.74) is -0.276. The Hall–Kier alpha value is -1.07. The zero-order valence-corrected chi connectivity index (χ0v) is 12.1. The Kier molecular flexibility index (Phi) is 5.16. The molecular formula is C13H20N2O2S. The van der Waals surface area contributed by atoms with Gasteiger partial charge in [-0.1, -0.05) is 0 Å². The lowest BCUT2D eigenvalue weighted by atomic mass is 10.1. The van der Waals surface area contributed by atoms with Crippen molar-refractivity contribution in [1.82, 2.24) is 9.88 Å². The molecule has 1 aromatic rings. The number of hydrogen-bond acceptors (Lipinski definition) is 4. The molecule has 1 N–H and O–H groups in total. The maximum atomic E-state index is 12.3. The fourth-order valence-corrected chi connectivity index (χ4v) is 2.04. The van der Waals surface area contributed by atoms with Crippen LogP contribution in [0.25, 0.3) is 0 Å². The molecule has 0 bridgehead atoms. The maximum absolute atomic E-state index is 12.3. The number of thioether (sulfide) groups is 1. The van der Waals surface area contributed by atoms with Crippen molar-refractivity contribution >= 4 is 17.7 Å².